The number of anilines is 1. The number of carbonyl (C=O) groups is 1. The molecule has 20 heavy (non-hydrogen) atoms. The Morgan fingerprint density at radius 3 is 2.85 bits per heavy atom. The fraction of sp³-hybridized carbons (Fsp3) is 0.600. The Balaban J connectivity index is 1.68. The first-order valence-electron chi connectivity index (χ1n) is 7.23. The molecule has 0 saturated heterocycles. The lowest BCUT2D eigenvalue weighted by Gasteiger charge is -2.08. The zero-order valence-corrected chi connectivity index (χ0v) is 12.2. The van der Waals surface area contributed by atoms with Gasteiger partial charge < -0.3 is 15.4 Å². The third-order valence-electron chi connectivity index (χ3n) is 2.94. The molecule has 2 rings (SSSR count). The normalized spacial score (nSPS) is 14.3. The molecular weight excluding hydrogens is 254 g/mol. The number of hydrogen-bond acceptors (Lipinski definition) is 4. The number of amides is 1. The molecule has 0 bridgehead atoms. The van der Waals surface area contributed by atoms with E-state index in [0.29, 0.717) is 30.7 Å². The van der Waals surface area contributed by atoms with Gasteiger partial charge in [0.05, 0.1) is 12.2 Å². The van der Waals surface area contributed by atoms with E-state index in [4.69, 9.17) is 4.74 Å². The minimum atomic E-state index is -0.108. The molecule has 0 unspecified atom stereocenters. The van der Waals surface area contributed by atoms with Crippen molar-refractivity contribution in [3.05, 3.63) is 23.9 Å². The lowest BCUT2D eigenvalue weighted by atomic mass is 10.2. The molecule has 110 valence electrons. The maximum absolute atomic E-state index is 11.9. The van der Waals surface area contributed by atoms with Crippen LogP contribution in [0.5, 0.6) is 0 Å². The highest BCUT2D eigenvalue weighted by atomic mass is 16.5. The van der Waals surface area contributed by atoms with Crippen LogP contribution in [0, 0.1) is 5.92 Å². The molecule has 1 amide bonds. The summed E-state index contributed by atoms with van der Waals surface area (Å²) in [7, 11) is 0. The number of nitrogens with zero attached hydrogens (tertiary/aromatic N) is 1. The van der Waals surface area contributed by atoms with Crippen molar-refractivity contribution in [2.24, 2.45) is 5.92 Å². The Hall–Kier alpha value is -1.62. The van der Waals surface area contributed by atoms with E-state index in [9.17, 15) is 4.79 Å². The van der Waals surface area contributed by atoms with Crippen molar-refractivity contribution < 1.29 is 9.53 Å². The Bertz CT molecular complexity index is 427. The van der Waals surface area contributed by atoms with Crippen molar-refractivity contribution in [2.75, 3.05) is 25.1 Å². The highest BCUT2D eigenvalue weighted by Gasteiger charge is 2.21. The summed E-state index contributed by atoms with van der Waals surface area (Å²) in [5.41, 5.74) is 0.579. The fourth-order valence-electron chi connectivity index (χ4n) is 1.71. The summed E-state index contributed by atoms with van der Waals surface area (Å²) in [6.07, 6.45) is 4.02. The Labute approximate surface area is 120 Å². The van der Waals surface area contributed by atoms with Crippen molar-refractivity contribution in [3.63, 3.8) is 0 Å². The molecule has 0 spiro atoms. The summed E-state index contributed by atoms with van der Waals surface area (Å²) < 4.78 is 5.41. The highest BCUT2D eigenvalue weighted by molar-refractivity contribution is 5.94. The lowest BCUT2D eigenvalue weighted by molar-refractivity contribution is 0.0886. The zero-order valence-electron chi connectivity index (χ0n) is 12.2. The van der Waals surface area contributed by atoms with Crippen LogP contribution < -0.4 is 10.6 Å². The van der Waals surface area contributed by atoms with Gasteiger partial charge in [0.2, 0.25) is 0 Å². The second kappa shape index (κ2) is 7.24. The molecule has 0 atom stereocenters. The van der Waals surface area contributed by atoms with Crippen molar-refractivity contribution in [2.45, 2.75) is 32.7 Å². The monoisotopic (exact) mass is 277 g/mol. The molecule has 1 aliphatic rings. The van der Waals surface area contributed by atoms with Gasteiger partial charge in [-0.25, -0.2) is 4.98 Å². The molecule has 1 saturated carbocycles. The Kier molecular flexibility index (Phi) is 5.35. The van der Waals surface area contributed by atoms with Gasteiger partial charge in [-0.05, 0) is 30.9 Å². The second-order valence-electron chi connectivity index (χ2n) is 5.58. The predicted octanol–water partition coefficient (Wildman–Crippen LogP) is 2.06. The van der Waals surface area contributed by atoms with Crippen LogP contribution >= 0.6 is 0 Å². The average Bonchev–Trinajstić information content (AvgIpc) is 3.22. The molecule has 0 aliphatic heterocycles. The van der Waals surface area contributed by atoms with Crippen molar-refractivity contribution in [3.8, 4) is 0 Å². The topological polar surface area (TPSA) is 63.2 Å². The van der Waals surface area contributed by atoms with Gasteiger partial charge in [0, 0.05) is 25.4 Å². The number of ether oxygens (including phenoxy) is 1. The molecule has 2 N–H and O–H groups in total. The molecule has 1 aromatic heterocycles. The van der Waals surface area contributed by atoms with Gasteiger partial charge in [0.25, 0.3) is 5.91 Å². The third kappa shape index (κ3) is 5.17. The minimum absolute atomic E-state index is 0.108. The number of rotatable bonds is 8. The summed E-state index contributed by atoms with van der Waals surface area (Å²) in [5, 5.41) is 6.11. The van der Waals surface area contributed by atoms with Gasteiger partial charge >= 0.3 is 0 Å². The highest BCUT2D eigenvalue weighted by Crippen LogP contribution is 2.23. The zero-order chi connectivity index (χ0) is 14.4. The Morgan fingerprint density at radius 1 is 1.45 bits per heavy atom. The van der Waals surface area contributed by atoms with Gasteiger partial charge in [-0.3, -0.25) is 4.79 Å². The lowest BCUT2D eigenvalue weighted by Crippen LogP contribution is -2.27. The van der Waals surface area contributed by atoms with Crippen LogP contribution in [0.15, 0.2) is 18.3 Å². The van der Waals surface area contributed by atoms with Crippen LogP contribution in [-0.4, -0.2) is 36.7 Å². The Morgan fingerprint density at radius 2 is 2.25 bits per heavy atom. The summed E-state index contributed by atoms with van der Waals surface area (Å²) in [4.78, 5) is 16.1. The molecule has 0 radical (unpaired) electrons. The second-order valence-corrected chi connectivity index (χ2v) is 5.58. The molecule has 1 aliphatic carbocycles. The van der Waals surface area contributed by atoms with Crippen LogP contribution in [0.4, 0.5) is 5.82 Å². The van der Waals surface area contributed by atoms with Crippen LogP contribution in [0.25, 0.3) is 0 Å². The number of nitrogens with one attached hydrogen (secondary N) is 2. The van der Waals surface area contributed by atoms with E-state index in [1.807, 2.05) is 6.07 Å². The van der Waals surface area contributed by atoms with Gasteiger partial charge in [-0.2, -0.15) is 0 Å². The molecule has 5 nitrogen and oxygen atoms in total. The number of hydrogen-bond donors (Lipinski definition) is 2. The van der Waals surface area contributed by atoms with Crippen molar-refractivity contribution >= 4 is 11.7 Å². The van der Waals surface area contributed by atoms with Gasteiger partial charge in [-0.15, -0.1) is 0 Å². The molecule has 0 aromatic carbocycles. The quantitative estimate of drug-likeness (QED) is 0.714. The van der Waals surface area contributed by atoms with Crippen LogP contribution in [0.1, 0.15) is 37.0 Å². The summed E-state index contributed by atoms with van der Waals surface area (Å²) in [6.45, 7) is 5.98. The summed E-state index contributed by atoms with van der Waals surface area (Å²) in [6, 6.07) is 4.21. The smallest absolute Gasteiger partial charge is 0.252 e. The standard InChI is InChI=1S/C15H23N3O2/c1-11(2)10-20-8-7-16-15(19)12-3-6-14(17-9-12)18-13-4-5-13/h3,6,9,11,13H,4-5,7-8,10H2,1-2H3,(H,16,19)(H,17,18). The molecule has 5 heteroatoms. The third-order valence-corrected chi connectivity index (χ3v) is 2.94. The molecule has 1 fully saturated rings. The van der Waals surface area contributed by atoms with Gasteiger partial charge in [0.15, 0.2) is 0 Å². The molecular formula is C15H23N3O2. The van der Waals surface area contributed by atoms with E-state index in [1.54, 1.807) is 12.3 Å². The van der Waals surface area contributed by atoms with Crippen molar-refractivity contribution in [1.82, 2.24) is 10.3 Å². The van der Waals surface area contributed by atoms with Crippen LogP contribution in [0.2, 0.25) is 0 Å². The SMILES string of the molecule is CC(C)COCCNC(=O)c1ccc(NC2CC2)nc1. The van der Waals surface area contributed by atoms with E-state index < -0.39 is 0 Å². The van der Waals surface area contributed by atoms with E-state index >= 15 is 0 Å². The maximum Gasteiger partial charge on any atom is 0.252 e. The molecule has 1 heterocycles. The summed E-state index contributed by atoms with van der Waals surface area (Å²) in [5.74, 6) is 1.24. The minimum Gasteiger partial charge on any atom is -0.379 e. The van der Waals surface area contributed by atoms with E-state index in [1.165, 1.54) is 12.8 Å². The first-order chi connectivity index (χ1) is 9.65. The number of aromatic nitrogens is 1. The van der Waals surface area contributed by atoms with E-state index in [0.717, 1.165) is 12.4 Å². The van der Waals surface area contributed by atoms with Crippen LogP contribution in [0.3, 0.4) is 0 Å². The fourth-order valence-corrected chi connectivity index (χ4v) is 1.71. The predicted molar refractivity (Wildman–Crippen MR) is 78.9 cm³/mol. The maximum atomic E-state index is 11.9. The van der Waals surface area contributed by atoms with Gasteiger partial charge in [0.1, 0.15) is 5.82 Å². The van der Waals surface area contributed by atoms with Crippen molar-refractivity contribution in [1.29, 1.82) is 0 Å². The summed E-state index contributed by atoms with van der Waals surface area (Å²) >= 11 is 0. The molecule has 1 aromatic rings. The van der Waals surface area contributed by atoms with E-state index in [2.05, 4.69) is 29.5 Å². The number of pyridine rings is 1. The number of carbonyl (C=O) groups excluding carboxylic acids is 1. The van der Waals surface area contributed by atoms with E-state index in [-0.39, 0.29) is 5.91 Å². The van der Waals surface area contributed by atoms with Gasteiger partial charge in [-0.1, -0.05) is 13.8 Å². The largest absolute Gasteiger partial charge is 0.379 e. The first-order valence-corrected chi connectivity index (χ1v) is 7.23. The first kappa shape index (κ1) is 14.8. The van der Waals surface area contributed by atoms with Crippen LogP contribution in [-0.2, 0) is 4.74 Å². The average molecular weight is 277 g/mol.